The van der Waals surface area contributed by atoms with E-state index in [2.05, 4.69) is 4.98 Å². The molecule has 2 amide bonds. The van der Waals surface area contributed by atoms with Gasteiger partial charge in [0.25, 0.3) is 0 Å². The molecule has 0 spiro atoms. The fraction of sp³-hybridized carbons (Fsp3) is 0.312. The molecule has 0 radical (unpaired) electrons. The average molecular weight is 315 g/mol. The molecule has 1 aliphatic heterocycles. The maximum atomic E-state index is 12.1. The second-order valence-electron chi connectivity index (χ2n) is 5.28. The normalized spacial score (nSPS) is 13.7. The molecule has 1 aromatic heterocycles. The number of oxazole rings is 1. The summed E-state index contributed by atoms with van der Waals surface area (Å²) in [6.07, 6.45) is 0.608. The van der Waals surface area contributed by atoms with E-state index in [0.29, 0.717) is 25.4 Å². The van der Waals surface area contributed by atoms with E-state index in [0.717, 1.165) is 17.0 Å². The molecule has 0 fully saturated rings. The summed E-state index contributed by atoms with van der Waals surface area (Å²) in [5.41, 5.74) is 6.64. The van der Waals surface area contributed by atoms with Crippen LogP contribution in [0, 0.1) is 0 Å². The highest BCUT2D eigenvalue weighted by molar-refractivity contribution is 5.79. The molecular formula is C16H17N3O4. The van der Waals surface area contributed by atoms with Crippen molar-refractivity contribution < 1.29 is 18.7 Å². The first-order valence-corrected chi connectivity index (χ1v) is 7.31. The van der Waals surface area contributed by atoms with Gasteiger partial charge in [-0.15, -0.1) is 0 Å². The van der Waals surface area contributed by atoms with Crippen LogP contribution >= 0.6 is 0 Å². The van der Waals surface area contributed by atoms with Gasteiger partial charge >= 0.3 is 0 Å². The average Bonchev–Trinajstić information content (AvgIpc) is 2.98. The summed E-state index contributed by atoms with van der Waals surface area (Å²) in [4.78, 5) is 28.8. The maximum absolute atomic E-state index is 12.1. The van der Waals surface area contributed by atoms with Gasteiger partial charge in [-0.2, -0.15) is 0 Å². The van der Waals surface area contributed by atoms with Crippen molar-refractivity contribution in [2.24, 2.45) is 5.73 Å². The summed E-state index contributed by atoms with van der Waals surface area (Å²) >= 11 is 0. The van der Waals surface area contributed by atoms with Gasteiger partial charge in [0.1, 0.15) is 24.7 Å². The Morgan fingerprint density at radius 2 is 2.04 bits per heavy atom. The largest absolute Gasteiger partial charge is 0.441 e. The van der Waals surface area contributed by atoms with E-state index in [-0.39, 0.29) is 19.1 Å². The number of carbonyl (C=O) groups excluding carboxylic acids is 2. The third-order valence-electron chi connectivity index (χ3n) is 3.57. The first-order valence-electron chi connectivity index (χ1n) is 7.31. The lowest BCUT2D eigenvalue weighted by Gasteiger charge is -2.25. The number of ether oxygens (including phenoxy) is 1. The fourth-order valence-corrected chi connectivity index (χ4v) is 2.45. The van der Waals surface area contributed by atoms with Gasteiger partial charge < -0.3 is 19.8 Å². The molecule has 120 valence electrons. The molecule has 0 bridgehead atoms. The molecule has 1 aliphatic rings. The van der Waals surface area contributed by atoms with Crippen LogP contribution in [0.4, 0.5) is 0 Å². The van der Waals surface area contributed by atoms with E-state index in [4.69, 9.17) is 14.9 Å². The minimum absolute atomic E-state index is 0.165. The van der Waals surface area contributed by atoms with Crippen LogP contribution in [0.1, 0.15) is 11.5 Å². The zero-order valence-corrected chi connectivity index (χ0v) is 12.5. The van der Waals surface area contributed by atoms with Crippen LogP contribution in [0.15, 0.2) is 34.7 Å². The minimum Gasteiger partial charge on any atom is -0.441 e. The number of fused-ring (bicyclic) bond motifs is 1. The predicted molar refractivity (Wildman–Crippen MR) is 81.1 cm³/mol. The molecule has 1 aromatic carbocycles. The number of nitrogens with zero attached hydrogens (tertiary/aromatic N) is 2. The highest BCUT2D eigenvalue weighted by atomic mass is 16.5. The molecule has 2 N–H and O–H groups in total. The molecule has 0 atom stereocenters. The first-order chi connectivity index (χ1) is 11.1. The van der Waals surface area contributed by atoms with Crippen LogP contribution in [0.2, 0.25) is 0 Å². The van der Waals surface area contributed by atoms with Crippen LogP contribution in [0.3, 0.4) is 0 Å². The van der Waals surface area contributed by atoms with Crippen molar-refractivity contribution in [3.05, 3.63) is 41.8 Å². The topological polar surface area (TPSA) is 98.7 Å². The third-order valence-corrected chi connectivity index (χ3v) is 3.57. The summed E-state index contributed by atoms with van der Waals surface area (Å²) in [6.45, 7) is 0.494. The lowest BCUT2D eigenvalue weighted by atomic mass is 10.1. The van der Waals surface area contributed by atoms with E-state index in [9.17, 15) is 9.59 Å². The van der Waals surface area contributed by atoms with Crippen molar-refractivity contribution in [1.82, 2.24) is 9.88 Å². The summed E-state index contributed by atoms with van der Waals surface area (Å²) in [5.74, 6) is 0.588. The Morgan fingerprint density at radius 3 is 2.78 bits per heavy atom. The Balaban J connectivity index is 1.65. The Labute approximate surface area is 133 Å². The minimum atomic E-state index is -0.595. The number of benzene rings is 1. The van der Waals surface area contributed by atoms with Gasteiger partial charge in [-0.1, -0.05) is 18.2 Å². The standard InChI is InChI=1S/C16H17N3O4/c17-14(20)9-22-10-15(21)19-7-6-13-12(8-19)18-16(23-13)11-4-2-1-3-5-11/h1-5H,6-10H2,(H2,17,20). The second-order valence-corrected chi connectivity index (χ2v) is 5.28. The van der Waals surface area contributed by atoms with E-state index < -0.39 is 5.91 Å². The van der Waals surface area contributed by atoms with E-state index in [1.165, 1.54) is 0 Å². The third kappa shape index (κ3) is 3.57. The smallest absolute Gasteiger partial charge is 0.248 e. The van der Waals surface area contributed by atoms with Crippen LogP contribution < -0.4 is 5.73 Å². The van der Waals surface area contributed by atoms with Gasteiger partial charge in [-0.05, 0) is 12.1 Å². The van der Waals surface area contributed by atoms with E-state index in [1.807, 2.05) is 30.3 Å². The number of rotatable bonds is 5. The molecule has 0 unspecified atom stereocenters. The highest BCUT2D eigenvalue weighted by Gasteiger charge is 2.25. The monoisotopic (exact) mass is 315 g/mol. The van der Waals surface area contributed by atoms with Crippen LogP contribution in [0.25, 0.3) is 11.5 Å². The number of aromatic nitrogens is 1. The summed E-state index contributed by atoms with van der Waals surface area (Å²) in [5, 5.41) is 0. The SMILES string of the molecule is NC(=O)COCC(=O)N1CCc2oc(-c3ccccc3)nc2C1. The molecule has 0 saturated heterocycles. The molecule has 3 rings (SSSR count). The van der Waals surface area contributed by atoms with Gasteiger partial charge in [0.05, 0.1) is 6.54 Å². The number of nitrogens with two attached hydrogens (primary N) is 1. The lowest BCUT2D eigenvalue weighted by molar-refractivity contribution is -0.138. The van der Waals surface area contributed by atoms with Crippen molar-refractivity contribution in [3.8, 4) is 11.5 Å². The van der Waals surface area contributed by atoms with Gasteiger partial charge in [-0.3, -0.25) is 9.59 Å². The molecule has 0 saturated carbocycles. The summed E-state index contributed by atoms with van der Waals surface area (Å²) in [7, 11) is 0. The molecule has 0 aliphatic carbocycles. The van der Waals surface area contributed by atoms with Crippen LogP contribution in [0.5, 0.6) is 0 Å². The molecule has 23 heavy (non-hydrogen) atoms. The summed E-state index contributed by atoms with van der Waals surface area (Å²) < 4.78 is 10.8. The molecular weight excluding hydrogens is 298 g/mol. The van der Waals surface area contributed by atoms with Crippen molar-refractivity contribution in [1.29, 1.82) is 0 Å². The molecule has 2 heterocycles. The van der Waals surface area contributed by atoms with Gasteiger partial charge in [-0.25, -0.2) is 4.98 Å². The number of primary amides is 1. The fourth-order valence-electron chi connectivity index (χ4n) is 2.45. The number of carbonyl (C=O) groups is 2. The summed E-state index contributed by atoms with van der Waals surface area (Å²) in [6, 6.07) is 9.63. The van der Waals surface area contributed by atoms with Gasteiger partial charge in [0.2, 0.25) is 17.7 Å². The first kappa shape index (κ1) is 15.2. The van der Waals surface area contributed by atoms with Crippen molar-refractivity contribution >= 4 is 11.8 Å². The number of hydrogen-bond acceptors (Lipinski definition) is 5. The van der Waals surface area contributed by atoms with Crippen LogP contribution in [-0.4, -0.2) is 41.5 Å². The van der Waals surface area contributed by atoms with E-state index in [1.54, 1.807) is 4.90 Å². The lowest BCUT2D eigenvalue weighted by Crippen LogP contribution is -2.38. The van der Waals surface area contributed by atoms with Crippen molar-refractivity contribution in [2.75, 3.05) is 19.8 Å². The molecule has 7 nitrogen and oxygen atoms in total. The Bertz CT molecular complexity index is 711. The number of amides is 2. The Hall–Kier alpha value is -2.67. The Morgan fingerprint density at radius 1 is 1.26 bits per heavy atom. The quantitative estimate of drug-likeness (QED) is 0.877. The van der Waals surface area contributed by atoms with Gasteiger partial charge in [0.15, 0.2) is 0 Å². The maximum Gasteiger partial charge on any atom is 0.248 e. The molecule has 7 heteroatoms. The second kappa shape index (κ2) is 6.62. The van der Waals surface area contributed by atoms with Crippen molar-refractivity contribution in [3.63, 3.8) is 0 Å². The zero-order valence-electron chi connectivity index (χ0n) is 12.5. The zero-order chi connectivity index (χ0) is 16.2. The van der Waals surface area contributed by atoms with Gasteiger partial charge in [0, 0.05) is 18.5 Å². The van der Waals surface area contributed by atoms with E-state index >= 15 is 0 Å². The molecule has 2 aromatic rings. The Kier molecular flexibility index (Phi) is 4.38. The number of hydrogen-bond donors (Lipinski definition) is 1. The van der Waals surface area contributed by atoms with Crippen molar-refractivity contribution in [2.45, 2.75) is 13.0 Å². The highest BCUT2D eigenvalue weighted by Crippen LogP contribution is 2.26. The predicted octanol–water partition coefficient (Wildman–Crippen LogP) is 0.728. The van der Waals surface area contributed by atoms with Crippen LogP contribution in [-0.2, 0) is 27.3 Å².